The minimum Gasteiger partial charge on any atom is -0.299 e. The topological polar surface area (TPSA) is 17.1 Å². The van der Waals surface area contributed by atoms with Crippen molar-refractivity contribution in [3.05, 3.63) is 42.0 Å². The minimum atomic E-state index is 0.0631. The number of benzene rings is 1. The first-order chi connectivity index (χ1) is 10.2. The lowest BCUT2D eigenvalue weighted by Crippen LogP contribution is -2.53. The lowest BCUT2D eigenvalue weighted by molar-refractivity contribution is -0.145. The van der Waals surface area contributed by atoms with Crippen LogP contribution in [0, 0.1) is 29.1 Å². The van der Waals surface area contributed by atoms with Crippen LogP contribution in [0.1, 0.15) is 44.6 Å². The molecule has 0 aromatic heterocycles. The van der Waals surface area contributed by atoms with Gasteiger partial charge in [0.25, 0.3) is 0 Å². The molecule has 2 atom stereocenters. The Balaban J connectivity index is 1.57. The maximum Gasteiger partial charge on any atom is 0.135 e. The molecule has 1 aromatic rings. The summed E-state index contributed by atoms with van der Waals surface area (Å²) in [5.74, 6) is 3.50. The number of Topliss-reactive ketones (excluding diaryl/α,β-unsaturated/α-hetero) is 1. The molecule has 110 valence electrons. The van der Waals surface area contributed by atoms with Gasteiger partial charge in [-0.2, -0.15) is 0 Å². The standard InChI is InChI=1S/C20H24O/c1-14(21)20-11-16-9-17(12-20)19(18(10-16)13-20)8-7-15-5-3-2-4-6-15/h2-8,16-19H,9-13H2,1H3/b8-7+. The molecule has 0 heterocycles. The quantitative estimate of drug-likeness (QED) is 0.782. The molecule has 4 fully saturated rings. The number of carbonyl (C=O) groups is 1. The summed E-state index contributed by atoms with van der Waals surface area (Å²) in [6, 6.07) is 10.6. The zero-order valence-corrected chi connectivity index (χ0v) is 12.8. The number of ketones is 1. The molecule has 4 aliphatic carbocycles. The number of hydrogen-bond donors (Lipinski definition) is 0. The molecule has 1 aromatic carbocycles. The third-order valence-electron chi connectivity index (χ3n) is 6.40. The van der Waals surface area contributed by atoms with Gasteiger partial charge in [0.15, 0.2) is 0 Å². The molecule has 4 saturated carbocycles. The van der Waals surface area contributed by atoms with Crippen LogP contribution in [0.15, 0.2) is 36.4 Å². The largest absolute Gasteiger partial charge is 0.299 e. The van der Waals surface area contributed by atoms with E-state index in [1.54, 1.807) is 0 Å². The first-order valence-corrected chi connectivity index (χ1v) is 8.41. The molecule has 4 bridgehead atoms. The van der Waals surface area contributed by atoms with Crippen molar-refractivity contribution in [1.82, 2.24) is 0 Å². The van der Waals surface area contributed by atoms with Gasteiger partial charge in [0, 0.05) is 5.41 Å². The van der Waals surface area contributed by atoms with Crippen molar-refractivity contribution in [3.63, 3.8) is 0 Å². The average Bonchev–Trinajstić information content (AvgIpc) is 2.47. The fraction of sp³-hybridized carbons (Fsp3) is 0.550. The van der Waals surface area contributed by atoms with Gasteiger partial charge in [0.1, 0.15) is 5.78 Å². The van der Waals surface area contributed by atoms with Crippen molar-refractivity contribution in [2.45, 2.75) is 39.0 Å². The Morgan fingerprint density at radius 1 is 1.10 bits per heavy atom. The highest BCUT2D eigenvalue weighted by atomic mass is 16.1. The van der Waals surface area contributed by atoms with Crippen LogP contribution in [0.3, 0.4) is 0 Å². The van der Waals surface area contributed by atoms with Gasteiger partial charge in [-0.15, -0.1) is 0 Å². The van der Waals surface area contributed by atoms with Gasteiger partial charge < -0.3 is 0 Å². The molecule has 0 amide bonds. The van der Waals surface area contributed by atoms with E-state index in [9.17, 15) is 4.79 Å². The second-order valence-corrected chi connectivity index (χ2v) is 7.65. The molecule has 5 rings (SSSR count). The van der Waals surface area contributed by atoms with E-state index in [0.717, 1.165) is 30.6 Å². The minimum absolute atomic E-state index is 0.0631. The molecule has 0 saturated heterocycles. The Labute approximate surface area is 127 Å². The van der Waals surface area contributed by atoms with Crippen molar-refractivity contribution < 1.29 is 4.79 Å². The normalized spacial score (nSPS) is 40.8. The third-order valence-corrected chi connectivity index (χ3v) is 6.40. The number of carbonyl (C=O) groups excluding carboxylic acids is 1. The third kappa shape index (κ3) is 2.18. The smallest absolute Gasteiger partial charge is 0.135 e. The molecule has 0 N–H and O–H groups in total. The Bertz CT molecular complexity index is 555. The zero-order chi connectivity index (χ0) is 14.4. The van der Waals surface area contributed by atoms with Gasteiger partial charge in [-0.3, -0.25) is 4.79 Å². The second-order valence-electron chi connectivity index (χ2n) is 7.65. The predicted octanol–water partition coefficient (Wildman–Crippen LogP) is 4.73. The van der Waals surface area contributed by atoms with Gasteiger partial charge >= 0.3 is 0 Å². The van der Waals surface area contributed by atoms with Crippen LogP contribution in [0.2, 0.25) is 0 Å². The summed E-state index contributed by atoms with van der Waals surface area (Å²) in [6.07, 6.45) is 11.0. The highest BCUT2D eigenvalue weighted by Crippen LogP contribution is 2.62. The van der Waals surface area contributed by atoms with Crippen molar-refractivity contribution in [2.24, 2.45) is 29.1 Å². The van der Waals surface area contributed by atoms with Crippen LogP contribution in [-0.4, -0.2) is 5.78 Å². The molecular formula is C20H24O. The number of allylic oxidation sites excluding steroid dienone is 1. The first-order valence-electron chi connectivity index (χ1n) is 8.41. The van der Waals surface area contributed by atoms with E-state index in [0.29, 0.717) is 11.7 Å². The number of rotatable bonds is 3. The van der Waals surface area contributed by atoms with E-state index >= 15 is 0 Å². The van der Waals surface area contributed by atoms with Gasteiger partial charge in [-0.25, -0.2) is 0 Å². The van der Waals surface area contributed by atoms with Gasteiger partial charge in [0.05, 0.1) is 0 Å². The Morgan fingerprint density at radius 2 is 1.76 bits per heavy atom. The maximum atomic E-state index is 12.2. The van der Waals surface area contributed by atoms with Crippen molar-refractivity contribution >= 4 is 11.9 Å². The summed E-state index contributed by atoms with van der Waals surface area (Å²) in [5, 5.41) is 0. The molecule has 21 heavy (non-hydrogen) atoms. The lowest BCUT2D eigenvalue weighted by Gasteiger charge is -2.58. The summed E-state index contributed by atoms with van der Waals surface area (Å²) in [5.41, 5.74) is 1.36. The fourth-order valence-electron chi connectivity index (χ4n) is 5.60. The van der Waals surface area contributed by atoms with Gasteiger partial charge in [-0.05, 0) is 68.3 Å². The van der Waals surface area contributed by atoms with E-state index in [2.05, 4.69) is 42.5 Å². The molecule has 1 nitrogen and oxygen atoms in total. The Kier molecular flexibility index (Phi) is 3.06. The summed E-state index contributed by atoms with van der Waals surface area (Å²) in [6.45, 7) is 1.84. The highest BCUT2D eigenvalue weighted by Gasteiger charge is 2.56. The van der Waals surface area contributed by atoms with Gasteiger partial charge in [0.2, 0.25) is 0 Å². The molecule has 2 unspecified atom stereocenters. The van der Waals surface area contributed by atoms with Crippen molar-refractivity contribution in [3.8, 4) is 0 Å². The summed E-state index contributed by atoms with van der Waals surface area (Å²) in [7, 11) is 0. The summed E-state index contributed by atoms with van der Waals surface area (Å²) in [4.78, 5) is 12.2. The maximum absolute atomic E-state index is 12.2. The van der Waals surface area contributed by atoms with Crippen LogP contribution in [0.5, 0.6) is 0 Å². The van der Waals surface area contributed by atoms with E-state index in [1.165, 1.54) is 24.8 Å². The molecule has 0 aliphatic heterocycles. The molecule has 0 spiro atoms. The van der Waals surface area contributed by atoms with Crippen LogP contribution in [0.4, 0.5) is 0 Å². The first kappa shape index (κ1) is 13.3. The second kappa shape index (κ2) is 4.83. The van der Waals surface area contributed by atoms with Crippen LogP contribution in [-0.2, 0) is 4.79 Å². The summed E-state index contributed by atoms with van der Waals surface area (Å²) >= 11 is 0. The monoisotopic (exact) mass is 280 g/mol. The highest BCUT2D eigenvalue weighted by molar-refractivity contribution is 5.83. The predicted molar refractivity (Wildman–Crippen MR) is 85.6 cm³/mol. The molecule has 0 radical (unpaired) electrons. The van der Waals surface area contributed by atoms with Crippen LogP contribution >= 0.6 is 0 Å². The SMILES string of the molecule is CC(=O)C12CC3CC(C1)C(/C=C/c1ccccc1)C(C3)C2. The van der Waals surface area contributed by atoms with Gasteiger partial charge in [-0.1, -0.05) is 42.5 Å². The lowest BCUT2D eigenvalue weighted by atomic mass is 9.45. The average molecular weight is 280 g/mol. The van der Waals surface area contributed by atoms with Crippen LogP contribution < -0.4 is 0 Å². The van der Waals surface area contributed by atoms with Crippen LogP contribution in [0.25, 0.3) is 6.08 Å². The number of hydrogen-bond acceptors (Lipinski definition) is 1. The van der Waals surface area contributed by atoms with Crippen molar-refractivity contribution in [1.29, 1.82) is 0 Å². The molecular weight excluding hydrogens is 256 g/mol. The Morgan fingerprint density at radius 3 is 2.38 bits per heavy atom. The molecule has 1 heteroatoms. The molecule has 4 aliphatic rings. The fourth-order valence-corrected chi connectivity index (χ4v) is 5.60. The van der Waals surface area contributed by atoms with E-state index < -0.39 is 0 Å². The summed E-state index contributed by atoms with van der Waals surface area (Å²) < 4.78 is 0. The van der Waals surface area contributed by atoms with E-state index in [-0.39, 0.29) is 5.41 Å². The van der Waals surface area contributed by atoms with E-state index in [4.69, 9.17) is 0 Å². The van der Waals surface area contributed by atoms with E-state index in [1.807, 2.05) is 6.92 Å². The zero-order valence-electron chi connectivity index (χ0n) is 12.8. The van der Waals surface area contributed by atoms with Crippen molar-refractivity contribution in [2.75, 3.05) is 0 Å². The Hall–Kier alpha value is -1.37.